The molecule has 1 aromatic carbocycles. The third kappa shape index (κ3) is 3.10. The molecule has 2 rings (SSSR count). The molecule has 1 N–H and O–H groups in total. The number of likely N-dealkylation sites (tertiary alicyclic amines) is 1. The van der Waals surface area contributed by atoms with Gasteiger partial charge < -0.3 is 10.2 Å². The first-order valence-corrected chi connectivity index (χ1v) is 6.38. The molecule has 1 fully saturated rings. The van der Waals surface area contributed by atoms with Crippen LogP contribution in [0.4, 0.5) is 4.39 Å². The van der Waals surface area contributed by atoms with Crippen LogP contribution in [-0.4, -0.2) is 29.3 Å². The van der Waals surface area contributed by atoms with Gasteiger partial charge in [-0.1, -0.05) is 18.2 Å². The topological polar surface area (TPSA) is 49.4 Å². The lowest BCUT2D eigenvalue weighted by Gasteiger charge is -2.22. The maximum absolute atomic E-state index is 13.4. The van der Waals surface area contributed by atoms with Gasteiger partial charge in [-0.25, -0.2) is 4.39 Å². The molecule has 1 heterocycles. The Kier molecular flexibility index (Phi) is 4.14. The van der Waals surface area contributed by atoms with Gasteiger partial charge in [0.1, 0.15) is 11.9 Å². The van der Waals surface area contributed by atoms with Crippen LogP contribution in [0.1, 0.15) is 25.3 Å². The van der Waals surface area contributed by atoms with Crippen LogP contribution in [0.5, 0.6) is 0 Å². The van der Waals surface area contributed by atoms with Crippen molar-refractivity contribution in [1.29, 1.82) is 0 Å². The molecule has 1 atom stereocenters. The predicted octanol–water partition coefficient (Wildman–Crippen LogP) is 1.45. The van der Waals surface area contributed by atoms with E-state index in [1.807, 2.05) is 0 Å². The zero-order valence-corrected chi connectivity index (χ0v) is 10.9. The third-order valence-electron chi connectivity index (χ3n) is 3.37. The van der Waals surface area contributed by atoms with E-state index in [9.17, 15) is 14.0 Å². The molecule has 1 unspecified atom stereocenters. The van der Waals surface area contributed by atoms with Gasteiger partial charge in [0.2, 0.25) is 11.8 Å². The van der Waals surface area contributed by atoms with E-state index in [1.165, 1.54) is 13.0 Å². The van der Waals surface area contributed by atoms with Crippen molar-refractivity contribution >= 4 is 11.8 Å². The molecule has 1 aliphatic rings. The number of hydrogen-bond donors (Lipinski definition) is 1. The Morgan fingerprint density at radius 2 is 2.16 bits per heavy atom. The van der Waals surface area contributed by atoms with Crippen LogP contribution in [0.3, 0.4) is 0 Å². The normalized spacial score (nSPS) is 18.4. The molecule has 1 saturated heterocycles. The molecule has 0 aromatic heterocycles. The molecule has 0 bridgehead atoms. The number of nitrogens with zero attached hydrogens (tertiary/aromatic N) is 1. The van der Waals surface area contributed by atoms with Crippen molar-refractivity contribution in [3.05, 3.63) is 35.6 Å². The number of halogens is 1. The van der Waals surface area contributed by atoms with E-state index < -0.39 is 6.04 Å². The summed E-state index contributed by atoms with van der Waals surface area (Å²) in [6, 6.07) is 5.91. The quantitative estimate of drug-likeness (QED) is 0.898. The maximum atomic E-state index is 13.4. The monoisotopic (exact) mass is 264 g/mol. The highest BCUT2D eigenvalue weighted by Crippen LogP contribution is 2.17. The first kappa shape index (κ1) is 13.5. The van der Waals surface area contributed by atoms with E-state index in [0.717, 1.165) is 6.42 Å². The van der Waals surface area contributed by atoms with Crippen molar-refractivity contribution in [2.24, 2.45) is 0 Å². The van der Waals surface area contributed by atoms with Gasteiger partial charge in [0, 0.05) is 25.6 Å². The summed E-state index contributed by atoms with van der Waals surface area (Å²) in [5.41, 5.74) is 0.447. The van der Waals surface area contributed by atoms with Crippen molar-refractivity contribution in [2.45, 2.75) is 32.4 Å². The van der Waals surface area contributed by atoms with Crippen LogP contribution in [-0.2, 0) is 16.1 Å². The summed E-state index contributed by atoms with van der Waals surface area (Å²) in [6.07, 6.45) is 1.50. The summed E-state index contributed by atoms with van der Waals surface area (Å²) in [5.74, 6) is -0.642. The Morgan fingerprint density at radius 1 is 1.42 bits per heavy atom. The fourth-order valence-electron chi connectivity index (χ4n) is 2.36. The number of rotatable bonds is 3. The van der Waals surface area contributed by atoms with Gasteiger partial charge in [0.05, 0.1) is 0 Å². The average molecular weight is 264 g/mol. The summed E-state index contributed by atoms with van der Waals surface area (Å²) < 4.78 is 13.4. The van der Waals surface area contributed by atoms with E-state index in [-0.39, 0.29) is 24.2 Å². The van der Waals surface area contributed by atoms with E-state index in [0.29, 0.717) is 18.5 Å². The second kappa shape index (κ2) is 5.82. The zero-order valence-electron chi connectivity index (χ0n) is 10.9. The van der Waals surface area contributed by atoms with Crippen LogP contribution >= 0.6 is 0 Å². The Hall–Kier alpha value is -1.91. The largest absolute Gasteiger partial charge is 0.350 e. The van der Waals surface area contributed by atoms with E-state index in [1.54, 1.807) is 23.1 Å². The van der Waals surface area contributed by atoms with Crippen LogP contribution in [0.2, 0.25) is 0 Å². The Balaban J connectivity index is 1.95. The average Bonchev–Trinajstić information content (AvgIpc) is 2.87. The fourth-order valence-corrected chi connectivity index (χ4v) is 2.36. The van der Waals surface area contributed by atoms with Crippen LogP contribution < -0.4 is 5.32 Å². The molecular formula is C14H17FN2O2. The van der Waals surface area contributed by atoms with E-state index in [2.05, 4.69) is 5.32 Å². The minimum absolute atomic E-state index is 0.0939. The zero-order chi connectivity index (χ0) is 13.8. The molecule has 5 heteroatoms. The Morgan fingerprint density at radius 3 is 2.84 bits per heavy atom. The first-order valence-electron chi connectivity index (χ1n) is 6.38. The third-order valence-corrected chi connectivity index (χ3v) is 3.37. The number of nitrogens with one attached hydrogen (secondary N) is 1. The SMILES string of the molecule is CC(=O)N1CCCC1C(=O)NCc1ccccc1F. The van der Waals surface area contributed by atoms with Crippen molar-refractivity contribution in [3.8, 4) is 0 Å². The number of carbonyl (C=O) groups is 2. The van der Waals surface area contributed by atoms with Gasteiger partial charge in [0.15, 0.2) is 0 Å². The number of carbonyl (C=O) groups excluding carboxylic acids is 2. The lowest BCUT2D eigenvalue weighted by Crippen LogP contribution is -2.44. The summed E-state index contributed by atoms with van der Waals surface area (Å²) in [6.45, 7) is 2.23. The molecule has 0 saturated carbocycles. The second-order valence-corrected chi connectivity index (χ2v) is 4.68. The number of hydrogen-bond acceptors (Lipinski definition) is 2. The highest BCUT2D eigenvalue weighted by molar-refractivity contribution is 5.87. The molecular weight excluding hydrogens is 247 g/mol. The van der Waals surface area contributed by atoms with Crippen molar-refractivity contribution in [2.75, 3.05) is 6.54 Å². The second-order valence-electron chi connectivity index (χ2n) is 4.68. The van der Waals surface area contributed by atoms with Crippen LogP contribution in [0.15, 0.2) is 24.3 Å². The lowest BCUT2D eigenvalue weighted by molar-refractivity contribution is -0.136. The summed E-state index contributed by atoms with van der Waals surface area (Å²) in [5, 5.41) is 2.69. The molecule has 4 nitrogen and oxygen atoms in total. The molecule has 0 aliphatic carbocycles. The van der Waals surface area contributed by atoms with Crippen molar-refractivity contribution < 1.29 is 14.0 Å². The predicted molar refractivity (Wildman–Crippen MR) is 68.7 cm³/mol. The molecule has 102 valence electrons. The van der Waals surface area contributed by atoms with Crippen LogP contribution in [0.25, 0.3) is 0 Å². The molecule has 1 aromatic rings. The Bertz CT molecular complexity index is 490. The van der Waals surface area contributed by atoms with Gasteiger partial charge in [-0.2, -0.15) is 0 Å². The molecule has 1 aliphatic heterocycles. The molecule has 0 radical (unpaired) electrons. The first-order chi connectivity index (χ1) is 9.09. The number of amides is 2. The van der Waals surface area contributed by atoms with E-state index >= 15 is 0 Å². The van der Waals surface area contributed by atoms with Gasteiger partial charge in [-0.15, -0.1) is 0 Å². The van der Waals surface area contributed by atoms with Crippen LogP contribution in [0, 0.1) is 5.82 Å². The van der Waals surface area contributed by atoms with E-state index in [4.69, 9.17) is 0 Å². The maximum Gasteiger partial charge on any atom is 0.243 e. The highest BCUT2D eigenvalue weighted by Gasteiger charge is 2.32. The van der Waals surface area contributed by atoms with Gasteiger partial charge in [-0.05, 0) is 18.9 Å². The summed E-state index contributed by atoms with van der Waals surface area (Å²) in [7, 11) is 0. The van der Waals surface area contributed by atoms with Crippen molar-refractivity contribution in [3.63, 3.8) is 0 Å². The Labute approximate surface area is 111 Å². The van der Waals surface area contributed by atoms with Gasteiger partial charge in [0.25, 0.3) is 0 Å². The highest BCUT2D eigenvalue weighted by atomic mass is 19.1. The molecule has 2 amide bonds. The minimum Gasteiger partial charge on any atom is -0.350 e. The number of benzene rings is 1. The van der Waals surface area contributed by atoms with Crippen molar-refractivity contribution in [1.82, 2.24) is 10.2 Å². The minimum atomic E-state index is -0.413. The molecule has 19 heavy (non-hydrogen) atoms. The van der Waals surface area contributed by atoms with Gasteiger partial charge >= 0.3 is 0 Å². The van der Waals surface area contributed by atoms with Gasteiger partial charge in [-0.3, -0.25) is 9.59 Å². The fraction of sp³-hybridized carbons (Fsp3) is 0.429. The summed E-state index contributed by atoms with van der Waals surface area (Å²) in [4.78, 5) is 25.0. The standard InChI is InChI=1S/C14H17FN2O2/c1-10(18)17-8-4-7-13(17)14(19)16-9-11-5-2-3-6-12(11)15/h2-3,5-6,13H,4,7-9H2,1H3,(H,16,19). The molecule has 0 spiro atoms. The lowest BCUT2D eigenvalue weighted by atomic mass is 10.2. The smallest absolute Gasteiger partial charge is 0.243 e. The summed E-state index contributed by atoms with van der Waals surface area (Å²) >= 11 is 0.